The van der Waals surface area contributed by atoms with Gasteiger partial charge in [-0.3, -0.25) is 9.20 Å². The van der Waals surface area contributed by atoms with E-state index in [-0.39, 0.29) is 29.6 Å². The van der Waals surface area contributed by atoms with Crippen LogP contribution in [0.25, 0.3) is 16.9 Å². The van der Waals surface area contributed by atoms with E-state index >= 15 is 0 Å². The summed E-state index contributed by atoms with van der Waals surface area (Å²) in [5, 5.41) is 9.61. The molecule has 11 heteroatoms. The van der Waals surface area contributed by atoms with E-state index in [0.717, 1.165) is 30.8 Å². The molecule has 4 aromatic rings. The Morgan fingerprint density at radius 2 is 2.05 bits per heavy atom. The fourth-order valence-corrected chi connectivity index (χ4v) is 4.64. The molecule has 8 nitrogen and oxygen atoms in total. The first-order valence-corrected chi connectivity index (χ1v) is 12.2. The summed E-state index contributed by atoms with van der Waals surface area (Å²) in [5.41, 5.74) is 3.15. The summed E-state index contributed by atoms with van der Waals surface area (Å²) in [6.07, 6.45) is 6.40. The molecule has 1 aliphatic heterocycles. The lowest BCUT2D eigenvalue weighted by Crippen LogP contribution is -2.30. The number of methoxy groups -OCH3 is 1. The van der Waals surface area contributed by atoms with Crippen molar-refractivity contribution in [1.29, 1.82) is 0 Å². The SMILES string of the molecule is CCc1cc(Nc2nccn3c(-c4ccc(OC)c(F)c4F)cnc23)ccc1C(=O)NC[C@H]1CCNC1.Cl. The number of hydrogen-bond donors (Lipinski definition) is 3. The molecule has 0 bridgehead atoms. The largest absolute Gasteiger partial charge is 0.494 e. The van der Waals surface area contributed by atoms with Crippen LogP contribution in [0, 0.1) is 17.6 Å². The Morgan fingerprint density at radius 3 is 2.79 bits per heavy atom. The van der Waals surface area contributed by atoms with Gasteiger partial charge in [0, 0.05) is 35.8 Å². The van der Waals surface area contributed by atoms with Crippen LogP contribution in [-0.2, 0) is 6.42 Å². The van der Waals surface area contributed by atoms with Crippen LogP contribution >= 0.6 is 12.4 Å². The van der Waals surface area contributed by atoms with Crippen molar-refractivity contribution < 1.29 is 18.3 Å². The molecular formula is C27H29ClF2N6O2. The topological polar surface area (TPSA) is 92.6 Å². The number of hydrogen-bond acceptors (Lipinski definition) is 6. The average Bonchev–Trinajstić information content (AvgIpc) is 3.59. The maximum absolute atomic E-state index is 14.8. The lowest BCUT2D eigenvalue weighted by molar-refractivity contribution is 0.0947. The van der Waals surface area contributed by atoms with Crippen molar-refractivity contribution in [3.8, 4) is 17.0 Å². The van der Waals surface area contributed by atoms with Gasteiger partial charge in [-0.1, -0.05) is 6.92 Å². The number of imidazole rings is 1. The summed E-state index contributed by atoms with van der Waals surface area (Å²) < 4.78 is 35.6. The van der Waals surface area contributed by atoms with Gasteiger partial charge in [0.1, 0.15) is 0 Å². The number of amides is 1. The summed E-state index contributed by atoms with van der Waals surface area (Å²) in [6, 6.07) is 8.37. The van der Waals surface area contributed by atoms with Crippen molar-refractivity contribution in [2.24, 2.45) is 5.92 Å². The van der Waals surface area contributed by atoms with E-state index in [4.69, 9.17) is 4.74 Å². The van der Waals surface area contributed by atoms with Gasteiger partial charge in [-0.25, -0.2) is 14.4 Å². The summed E-state index contributed by atoms with van der Waals surface area (Å²) >= 11 is 0. The molecule has 0 unspecified atom stereocenters. The van der Waals surface area contributed by atoms with Crippen molar-refractivity contribution in [2.45, 2.75) is 19.8 Å². The van der Waals surface area contributed by atoms with Gasteiger partial charge in [0.25, 0.3) is 5.91 Å². The summed E-state index contributed by atoms with van der Waals surface area (Å²) in [4.78, 5) is 21.6. The molecule has 0 aliphatic carbocycles. The number of aromatic nitrogens is 3. The predicted octanol–water partition coefficient (Wildman–Crippen LogP) is 4.75. The molecule has 200 valence electrons. The fourth-order valence-electron chi connectivity index (χ4n) is 4.64. The predicted molar refractivity (Wildman–Crippen MR) is 145 cm³/mol. The molecule has 2 aromatic carbocycles. The Bertz CT molecular complexity index is 1460. The molecule has 1 saturated heterocycles. The zero-order valence-electron chi connectivity index (χ0n) is 21.1. The first-order chi connectivity index (χ1) is 18.0. The van der Waals surface area contributed by atoms with Crippen molar-refractivity contribution in [3.63, 3.8) is 0 Å². The first-order valence-electron chi connectivity index (χ1n) is 12.2. The average molecular weight is 543 g/mol. The van der Waals surface area contributed by atoms with Gasteiger partial charge >= 0.3 is 0 Å². The maximum atomic E-state index is 14.8. The number of carbonyl (C=O) groups is 1. The van der Waals surface area contributed by atoms with Crippen molar-refractivity contribution in [2.75, 3.05) is 32.1 Å². The van der Waals surface area contributed by atoms with Crippen LogP contribution in [0.15, 0.2) is 48.9 Å². The molecule has 1 atom stereocenters. The van der Waals surface area contributed by atoms with Crippen molar-refractivity contribution in [3.05, 3.63) is 71.7 Å². The van der Waals surface area contributed by atoms with Crippen LogP contribution in [0.3, 0.4) is 0 Å². The fraction of sp³-hybridized carbons (Fsp3) is 0.296. The minimum atomic E-state index is -1.06. The van der Waals surface area contributed by atoms with E-state index in [1.54, 1.807) is 22.9 Å². The second kappa shape index (κ2) is 11.7. The molecule has 3 heterocycles. The van der Waals surface area contributed by atoms with E-state index in [1.807, 2.05) is 19.1 Å². The lowest BCUT2D eigenvalue weighted by atomic mass is 10.0. The van der Waals surface area contributed by atoms with Crippen LogP contribution in [0.1, 0.15) is 29.3 Å². The first kappa shape index (κ1) is 27.3. The number of halogens is 3. The third-order valence-electron chi connectivity index (χ3n) is 6.68. The van der Waals surface area contributed by atoms with Gasteiger partial charge in [-0.2, -0.15) is 4.39 Å². The number of ether oxygens (including phenoxy) is 1. The number of benzene rings is 2. The Hall–Kier alpha value is -3.76. The normalized spacial score (nSPS) is 14.8. The van der Waals surface area contributed by atoms with Crippen LogP contribution in [0.4, 0.5) is 20.3 Å². The number of anilines is 2. The highest BCUT2D eigenvalue weighted by Crippen LogP contribution is 2.31. The zero-order chi connectivity index (χ0) is 25.9. The van der Waals surface area contributed by atoms with E-state index in [1.165, 1.54) is 25.4 Å². The number of nitrogens with one attached hydrogen (secondary N) is 3. The molecule has 1 amide bonds. The van der Waals surface area contributed by atoms with Gasteiger partial charge in [-0.15, -0.1) is 12.4 Å². The number of nitrogens with zero attached hydrogens (tertiary/aromatic N) is 3. The highest BCUT2D eigenvalue weighted by Gasteiger charge is 2.20. The van der Waals surface area contributed by atoms with Gasteiger partial charge in [-0.05, 0) is 67.7 Å². The quantitative estimate of drug-likeness (QED) is 0.297. The standard InChI is InChI=1S/C27H28F2N6O2.ClH/c1-3-17-12-18(4-5-19(17)27(36)33-14-16-8-9-30-13-16)34-25-26-32-15-21(35(26)11-10-31-25)20-6-7-22(37-2)24(29)23(20)28;/h4-7,10-12,15-16,30H,3,8-9,13-14H2,1-2H3,(H,31,34)(H,33,36);1H/t16-;/m0./s1. The molecule has 0 spiro atoms. The van der Waals surface area contributed by atoms with Crippen LogP contribution in [-0.4, -0.2) is 47.0 Å². The van der Waals surface area contributed by atoms with Gasteiger partial charge < -0.3 is 20.7 Å². The molecule has 1 aliphatic rings. The van der Waals surface area contributed by atoms with Crippen molar-refractivity contribution in [1.82, 2.24) is 25.0 Å². The monoisotopic (exact) mass is 542 g/mol. The molecule has 2 aromatic heterocycles. The molecule has 38 heavy (non-hydrogen) atoms. The lowest BCUT2D eigenvalue weighted by Gasteiger charge is -2.14. The van der Waals surface area contributed by atoms with Gasteiger partial charge in [0.2, 0.25) is 5.82 Å². The summed E-state index contributed by atoms with van der Waals surface area (Å²) in [6.45, 7) is 4.57. The third-order valence-corrected chi connectivity index (χ3v) is 6.68. The minimum Gasteiger partial charge on any atom is -0.494 e. The Labute approximate surface area is 225 Å². The van der Waals surface area contributed by atoms with Crippen molar-refractivity contribution >= 4 is 35.5 Å². The minimum absolute atomic E-state index is 0. The Morgan fingerprint density at radius 1 is 1.21 bits per heavy atom. The molecule has 1 fully saturated rings. The van der Waals surface area contributed by atoms with E-state index in [9.17, 15) is 13.6 Å². The Balaban J connectivity index is 0.00000336. The van der Waals surface area contributed by atoms with E-state index in [2.05, 4.69) is 25.9 Å². The second-order valence-corrected chi connectivity index (χ2v) is 8.98. The third kappa shape index (κ3) is 5.27. The molecule has 0 radical (unpaired) electrons. The molecule has 3 N–H and O–H groups in total. The summed E-state index contributed by atoms with van der Waals surface area (Å²) in [7, 11) is 1.28. The Kier molecular flexibility index (Phi) is 8.43. The number of fused-ring (bicyclic) bond motifs is 1. The molecule has 5 rings (SSSR count). The highest BCUT2D eigenvalue weighted by atomic mass is 35.5. The van der Waals surface area contributed by atoms with Gasteiger partial charge in [0.05, 0.1) is 19.0 Å². The van der Waals surface area contributed by atoms with Gasteiger partial charge in [0.15, 0.2) is 23.0 Å². The van der Waals surface area contributed by atoms with E-state index < -0.39 is 11.6 Å². The number of carbonyl (C=O) groups excluding carboxylic acids is 1. The van der Waals surface area contributed by atoms with Crippen LogP contribution < -0.4 is 20.7 Å². The smallest absolute Gasteiger partial charge is 0.251 e. The van der Waals surface area contributed by atoms with Crippen LogP contribution in [0.5, 0.6) is 5.75 Å². The molecule has 0 saturated carbocycles. The molecular weight excluding hydrogens is 514 g/mol. The maximum Gasteiger partial charge on any atom is 0.251 e. The second-order valence-electron chi connectivity index (χ2n) is 8.98. The summed E-state index contributed by atoms with van der Waals surface area (Å²) in [5.74, 6) is -1.42. The van der Waals surface area contributed by atoms with E-state index in [0.29, 0.717) is 41.6 Å². The van der Waals surface area contributed by atoms with Crippen LogP contribution in [0.2, 0.25) is 0 Å². The number of rotatable bonds is 8. The number of aryl methyl sites for hydroxylation is 1. The zero-order valence-corrected chi connectivity index (χ0v) is 21.9. The highest BCUT2D eigenvalue weighted by molar-refractivity contribution is 5.96.